The molecule has 3 aromatic rings. The number of aromatic nitrogens is 4. The highest BCUT2D eigenvalue weighted by Gasteiger charge is 2.26. The zero-order valence-electron chi connectivity index (χ0n) is 13.8. The molecule has 1 aliphatic rings. The summed E-state index contributed by atoms with van der Waals surface area (Å²) < 4.78 is 0. The molecule has 0 amide bonds. The zero-order chi connectivity index (χ0) is 17.1. The highest BCUT2D eigenvalue weighted by molar-refractivity contribution is 5.55. The number of aromatic amines is 1. The second-order valence-electron chi connectivity index (χ2n) is 6.18. The lowest BCUT2D eigenvalue weighted by Gasteiger charge is -2.32. The molecular weight excluding hydrogens is 312 g/mol. The second-order valence-corrected chi connectivity index (χ2v) is 6.18. The van der Waals surface area contributed by atoms with Crippen LogP contribution in [0.5, 0.6) is 0 Å². The number of pyridine rings is 1. The van der Waals surface area contributed by atoms with Gasteiger partial charge in [0.1, 0.15) is 17.7 Å². The second kappa shape index (κ2) is 6.73. The molecule has 25 heavy (non-hydrogen) atoms. The number of anilines is 1. The van der Waals surface area contributed by atoms with Gasteiger partial charge in [0.15, 0.2) is 5.82 Å². The Kier molecular flexibility index (Phi) is 4.13. The molecule has 1 aromatic carbocycles. The summed E-state index contributed by atoms with van der Waals surface area (Å²) in [5, 5.41) is 16.8. The van der Waals surface area contributed by atoms with Crippen LogP contribution in [0.25, 0.3) is 11.4 Å². The SMILES string of the molecule is N#Cc1cccnc1N1CCCC(c2nc(-c3ccccc3)n[nH]2)C1. The Morgan fingerprint density at radius 2 is 2.04 bits per heavy atom. The number of nitrogens with one attached hydrogen (secondary N) is 1. The van der Waals surface area contributed by atoms with Crippen molar-refractivity contribution in [2.45, 2.75) is 18.8 Å². The fourth-order valence-electron chi connectivity index (χ4n) is 3.30. The molecule has 1 aliphatic heterocycles. The molecule has 0 aliphatic carbocycles. The maximum atomic E-state index is 9.32. The molecule has 124 valence electrons. The van der Waals surface area contributed by atoms with Gasteiger partial charge in [0.05, 0.1) is 5.56 Å². The van der Waals surface area contributed by atoms with E-state index in [4.69, 9.17) is 4.98 Å². The number of H-pyrrole nitrogens is 1. The van der Waals surface area contributed by atoms with Gasteiger partial charge in [-0.2, -0.15) is 10.4 Å². The minimum Gasteiger partial charge on any atom is -0.355 e. The average Bonchev–Trinajstić information content (AvgIpc) is 3.19. The van der Waals surface area contributed by atoms with Crippen LogP contribution in [0.1, 0.15) is 30.1 Å². The lowest BCUT2D eigenvalue weighted by molar-refractivity contribution is 0.489. The van der Waals surface area contributed by atoms with Crippen molar-refractivity contribution in [3.05, 3.63) is 60.0 Å². The third-order valence-corrected chi connectivity index (χ3v) is 4.55. The van der Waals surface area contributed by atoms with Gasteiger partial charge in [-0.05, 0) is 25.0 Å². The fourth-order valence-corrected chi connectivity index (χ4v) is 3.30. The quantitative estimate of drug-likeness (QED) is 0.798. The molecule has 3 heterocycles. The Balaban J connectivity index is 1.56. The van der Waals surface area contributed by atoms with E-state index in [-0.39, 0.29) is 5.92 Å². The van der Waals surface area contributed by atoms with Gasteiger partial charge in [-0.1, -0.05) is 30.3 Å². The van der Waals surface area contributed by atoms with Crippen LogP contribution in [-0.2, 0) is 0 Å². The van der Waals surface area contributed by atoms with Crippen LogP contribution >= 0.6 is 0 Å². The molecule has 1 atom stereocenters. The molecule has 6 nitrogen and oxygen atoms in total. The van der Waals surface area contributed by atoms with Crippen molar-refractivity contribution in [1.29, 1.82) is 5.26 Å². The molecule has 0 radical (unpaired) electrons. The van der Waals surface area contributed by atoms with Gasteiger partial charge in [0.25, 0.3) is 0 Å². The topological polar surface area (TPSA) is 81.5 Å². The van der Waals surface area contributed by atoms with Crippen LogP contribution < -0.4 is 4.90 Å². The van der Waals surface area contributed by atoms with E-state index in [9.17, 15) is 5.26 Å². The van der Waals surface area contributed by atoms with Gasteiger partial charge < -0.3 is 4.90 Å². The zero-order valence-corrected chi connectivity index (χ0v) is 13.8. The van der Waals surface area contributed by atoms with Gasteiger partial charge in [-0.15, -0.1) is 0 Å². The van der Waals surface area contributed by atoms with Gasteiger partial charge >= 0.3 is 0 Å². The highest BCUT2D eigenvalue weighted by Crippen LogP contribution is 2.29. The van der Waals surface area contributed by atoms with Crippen LogP contribution in [0.2, 0.25) is 0 Å². The molecule has 1 unspecified atom stereocenters. The van der Waals surface area contributed by atoms with Crippen molar-refractivity contribution in [3.63, 3.8) is 0 Å². The molecule has 2 aromatic heterocycles. The number of piperidine rings is 1. The van der Waals surface area contributed by atoms with Crippen molar-refractivity contribution >= 4 is 5.82 Å². The molecule has 0 bridgehead atoms. The summed E-state index contributed by atoms with van der Waals surface area (Å²) in [4.78, 5) is 11.3. The summed E-state index contributed by atoms with van der Waals surface area (Å²) in [6, 6.07) is 15.8. The minimum atomic E-state index is 0.257. The van der Waals surface area contributed by atoms with Crippen molar-refractivity contribution in [2.24, 2.45) is 0 Å². The van der Waals surface area contributed by atoms with Gasteiger partial charge in [-0.25, -0.2) is 9.97 Å². The Bertz CT molecular complexity index is 896. The van der Waals surface area contributed by atoms with Crippen LogP contribution in [0.3, 0.4) is 0 Å². The van der Waals surface area contributed by atoms with E-state index in [0.717, 1.165) is 49.0 Å². The number of nitriles is 1. The van der Waals surface area contributed by atoms with Crippen LogP contribution in [-0.4, -0.2) is 33.3 Å². The van der Waals surface area contributed by atoms with Crippen molar-refractivity contribution in [1.82, 2.24) is 20.2 Å². The fraction of sp³-hybridized carbons (Fsp3) is 0.263. The first-order valence-corrected chi connectivity index (χ1v) is 8.43. The van der Waals surface area contributed by atoms with Gasteiger partial charge in [0, 0.05) is 30.8 Å². The summed E-state index contributed by atoms with van der Waals surface area (Å²) in [5.41, 5.74) is 1.62. The predicted molar refractivity (Wildman–Crippen MR) is 95.0 cm³/mol. The van der Waals surface area contributed by atoms with E-state index in [1.807, 2.05) is 36.4 Å². The first kappa shape index (κ1) is 15.3. The normalized spacial score (nSPS) is 17.2. The first-order valence-electron chi connectivity index (χ1n) is 8.43. The number of nitrogens with zero attached hydrogens (tertiary/aromatic N) is 5. The average molecular weight is 330 g/mol. The molecule has 1 fully saturated rings. The lowest BCUT2D eigenvalue weighted by Crippen LogP contribution is -2.35. The van der Waals surface area contributed by atoms with E-state index in [0.29, 0.717) is 5.56 Å². The monoisotopic (exact) mass is 330 g/mol. The number of hydrogen-bond acceptors (Lipinski definition) is 5. The van der Waals surface area contributed by atoms with Crippen molar-refractivity contribution in [3.8, 4) is 17.5 Å². The smallest absolute Gasteiger partial charge is 0.181 e. The maximum Gasteiger partial charge on any atom is 0.181 e. The van der Waals surface area contributed by atoms with Gasteiger partial charge in [0.2, 0.25) is 0 Å². The summed E-state index contributed by atoms with van der Waals surface area (Å²) >= 11 is 0. The Morgan fingerprint density at radius 1 is 1.16 bits per heavy atom. The summed E-state index contributed by atoms with van der Waals surface area (Å²) in [7, 11) is 0. The summed E-state index contributed by atoms with van der Waals surface area (Å²) in [5.74, 6) is 2.64. The largest absolute Gasteiger partial charge is 0.355 e. The third kappa shape index (κ3) is 3.09. The molecule has 4 rings (SSSR count). The Labute approximate surface area is 146 Å². The van der Waals surface area contributed by atoms with E-state index in [1.165, 1.54) is 0 Å². The van der Waals surface area contributed by atoms with Crippen molar-refractivity contribution < 1.29 is 0 Å². The molecule has 0 saturated carbocycles. The van der Waals surface area contributed by atoms with E-state index in [2.05, 4.69) is 26.2 Å². The van der Waals surface area contributed by atoms with Crippen LogP contribution in [0.4, 0.5) is 5.82 Å². The summed E-state index contributed by atoms with van der Waals surface area (Å²) in [6.45, 7) is 1.69. The predicted octanol–water partition coefficient (Wildman–Crippen LogP) is 3.12. The number of rotatable bonds is 3. The van der Waals surface area contributed by atoms with Crippen LogP contribution in [0, 0.1) is 11.3 Å². The minimum absolute atomic E-state index is 0.257. The molecule has 6 heteroatoms. The number of hydrogen-bond donors (Lipinski definition) is 1. The standard InChI is InChI=1S/C19H18N6/c20-12-15-8-4-10-21-19(15)25-11-5-9-16(13-25)18-22-17(23-24-18)14-6-2-1-3-7-14/h1-4,6-8,10,16H,5,9,11,13H2,(H,22,23,24). The Morgan fingerprint density at radius 3 is 2.88 bits per heavy atom. The number of benzene rings is 1. The van der Waals surface area contributed by atoms with E-state index < -0.39 is 0 Å². The molecule has 1 N–H and O–H groups in total. The highest BCUT2D eigenvalue weighted by atomic mass is 15.2. The lowest BCUT2D eigenvalue weighted by atomic mass is 9.97. The maximum absolute atomic E-state index is 9.32. The molecular formula is C19H18N6. The summed E-state index contributed by atoms with van der Waals surface area (Å²) in [6.07, 6.45) is 3.82. The van der Waals surface area contributed by atoms with E-state index >= 15 is 0 Å². The van der Waals surface area contributed by atoms with Crippen LogP contribution in [0.15, 0.2) is 48.7 Å². The van der Waals surface area contributed by atoms with Crippen molar-refractivity contribution in [2.75, 3.05) is 18.0 Å². The first-order chi connectivity index (χ1) is 12.3. The molecule has 1 saturated heterocycles. The van der Waals surface area contributed by atoms with Gasteiger partial charge in [-0.3, -0.25) is 5.10 Å². The molecule has 0 spiro atoms. The third-order valence-electron chi connectivity index (χ3n) is 4.55. The Hall–Kier alpha value is -3.20. The van der Waals surface area contributed by atoms with E-state index in [1.54, 1.807) is 12.3 Å².